The molecule has 0 fully saturated rings. The number of aromatic amines is 1. The Morgan fingerprint density at radius 3 is 2.41 bits per heavy atom. The first-order valence-electron chi connectivity index (χ1n) is 7.50. The third kappa shape index (κ3) is 3.10. The Hall–Kier alpha value is -2.37. The molecule has 0 aromatic carbocycles. The minimum absolute atomic E-state index is 0.844. The zero-order valence-corrected chi connectivity index (χ0v) is 13.2. The van der Waals surface area contributed by atoms with E-state index in [1.54, 1.807) is 0 Å². The minimum atomic E-state index is 0.844. The van der Waals surface area contributed by atoms with Gasteiger partial charge < -0.3 is 0 Å². The molecule has 0 aliphatic carbocycles. The maximum atomic E-state index is 4.43. The zero-order valence-electron chi connectivity index (χ0n) is 13.2. The normalized spacial score (nSPS) is 11.5. The highest BCUT2D eigenvalue weighted by atomic mass is 15.3. The molecule has 0 aliphatic heterocycles. The number of aromatic nitrogens is 6. The van der Waals surface area contributed by atoms with Crippen molar-refractivity contribution in [2.75, 3.05) is 0 Å². The van der Waals surface area contributed by atoms with Crippen molar-refractivity contribution in [2.24, 2.45) is 7.05 Å². The predicted octanol–water partition coefficient (Wildman–Crippen LogP) is 2.08. The zero-order chi connectivity index (χ0) is 15.5. The van der Waals surface area contributed by atoms with E-state index in [0.717, 1.165) is 25.1 Å². The molecule has 0 aliphatic rings. The van der Waals surface area contributed by atoms with Gasteiger partial charge in [-0.05, 0) is 43.4 Å². The molecule has 0 amide bonds. The van der Waals surface area contributed by atoms with E-state index in [1.807, 2.05) is 35.0 Å². The van der Waals surface area contributed by atoms with Gasteiger partial charge in [-0.15, -0.1) is 0 Å². The van der Waals surface area contributed by atoms with Gasteiger partial charge in [0.15, 0.2) is 0 Å². The molecule has 1 N–H and O–H groups in total. The van der Waals surface area contributed by atoms with Crippen LogP contribution in [0.15, 0.2) is 31.0 Å². The Kier molecular flexibility index (Phi) is 4.09. The molecule has 1 radical (unpaired) electrons. The number of nitrogens with zero attached hydrogens (tertiary/aromatic N) is 5. The molecule has 0 bridgehead atoms. The van der Waals surface area contributed by atoms with Crippen molar-refractivity contribution >= 4 is 0 Å². The summed E-state index contributed by atoms with van der Waals surface area (Å²) in [6.45, 7) is 5.06. The van der Waals surface area contributed by atoms with E-state index >= 15 is 0 Å². The molecule has 0 atom stereocenters. The molecule has 115 valence electrons. The van der Waals surface area contributed by atoms with Crippen LogP contribution in [0.1, 0.15) is 29.3 Å². The number of nitrogens with one attached hydrogen (secondary N) is 1. The summed E-state index contributed by atoms with van der Waals surface area (Å²) >= 11 is 0. The van der Waals surface area contributed by atoms with Gasteiger partial charge in [0.2, 0.25) is 0 Å². The lowest BCUT2D eigenvalue weighted by molar-refractivity contribution is 0.659. The highest BCUT2D eigenvalue weighted by Crippen LogP contribution is 2.25. The predicted molar refractivity (Wildman–Crippen MR) is 84.2 cm³/mol. The van der Waals surface area contributed by atoms with Crippen molar-refractivity contribution in [3.8, 4) is 0 Å². The highest BCUT2D eigenvalue weighted by molar-refractivity contribution is 5.35. The third-order valence-corrected chi connectivity index (χ3v) is 3.77. The minimum Gasteiger partial charge on any atom is -0.285 e. The van der Waals surface area contributed by atoms with E-state index in [-0.39, 0.29) is 0 Å². The summed E-state index contributed by atoms with van der Waals surface area (Å²) in [7, 11) is 1.94. The molecule has 6 heteroatoms. The van der Waals surface area contributed by atoms with Crippen LogP contribution in [0.3, 0.4) is 0 Å². The lowest BCUT2D eigenvalue weighted by atomic mass is 9.90. The first-order valence-corrected chi connectivity index (χ1v) is 7.50. The van der Waals surface area contributed by atoms with Crippen molar-refractivity contribution in [1.82, 2.24) is 29.8 Å². The quantitative estimate of drug-likeness (QED) is 0.757. The van der Waals surface area contributed by atoms with Crippen LogP contribution in [0.5, 0.6) is 0 Å². The van der Waals surface area contributed by atoms with Gasteiger partial charge in [-0.2, -0.15) is 15.3 Å². The van der Waals surface area contributed by atoms with Crippen LogP contribution in [0.25, 0.3) is 0 Å². The third-order valence-electron chi connectivity index (χ3n) is 3.77. The second-order valence-electron chi connectivity index (χ2n) is 5.60. The summed E-state index contributed by atoms with van der Waals surface area (Å²) in [6, 6.07) is 0. The number of aryl methyl sites for hydroxylation is 3. The molecule has 3 heterocycles. The van der Waals surface area contributed by atoms with Crippen molar-refractivity contribution in [3.05, 3.63) is 59.3 Å². The Morgan fingerprint density at radius 2 is 1.86 bits per heavy atom. The number of H-pyrrole nitrogens is 1. The van der Waals surface area contributed by atoms with Gasteiger partial charge in [0.25, 0.3) is 0 Å². The molecular formula is C16H21N6. The summed E-state index contributed by atoms with van der Waals surface area (Å²) in [6.07, 6.45) is 11.6. The van der Waals surface area contributed by atoms with E-state index in [1.165, 1.54) is 22.6 Å². The van der Waals surface area contributed by atoms with Crippen molar-refractivity contribution in [3.63, 3.8) is 0 Å². The molecule has 0 saturated carbocycles. The number of rotatable bonds is 6. The molecule has 3 aromatic heterocycles. The largest absolute Gasteiger partial charge is 0.285 e. The van der Waals surface area contributed by atoms with Gasteiger partial charge in [0.05, 0.1) is 18.1 Å². The number of hydrogen-bond donors (Lipinski definition) is 1. The van der Waals surface area contributed by atoms with Gasteiger partial charge in [-0.1, -0.05) is 0 Å². The van der Waals surface area contributed by atoms with E-state index < -0.39 is 0 Å². The van der Waals surface area contributed by atoms with Crippen LogP contribution < -0.4 is 0 Å². The molecule has 0 saturated heterocycles. The Labute approximate surface area is 130 Å². The summed E-state index contributed by atoms with van der Waals surface area (Å²) in [5, 5.41) is 16.0. The Morgan fingerprint density at radius 1 is 1.14 bits per heavy atom. The van der Waals surface area contributed by atoms with Crippen LogP contribution in [0.2, 0.25) is 0 Å². The van der Waals surface area contributed by atoms with E-state index in [9.17, 15) is 0 Å². The molecule has 22 heavy (non-hydrogen) atoms. The first-order chi connectivity index (χ1) is 10.7. The molecule has 3 rings (SSSR count). The van der Waals surface area contributed by atoms with E-state index in [4.69, 9.17) is 0 Å². The molecule has 0 spiro atoms. The molecular weight excluding hydrogens is 276 g/mol. The van der Waals surface area contributed by atoms with Gasteiger partial charge in [0, 0.05) is 38.1 Å². The highest BCUT2D eigenvalue weighted by Gasteiger charge is 2.20. The second-order valence-corrected chi connectivity index (χ2v) is 5.60. The van der Waals surface area contributed by atoms with Crippen LogP contribution in [-0.4, -0.2) is 29.8 Å². The van der Waals surface area contributed by atoms with Gasteiger partial charge in [0.1, 0.15) is 0 Å². The van der Waals surface area contributed by atoms with Crippen molar-refractivity contribution in [2.45, 2.75) is 33.2 Å². The molecule has 6 nitrogen and oxygen atoms in total. The van der Waals surface area contributed by atoms with E-state index in [2.05, 4.69) is 46.6 Å². The topological polar surface area (TPSA) is 64.3 Å². The van der Waals surface area contributed by atoms with Gasteiger partial charge >= 0.3 is 0 Å². The van der Waals surface area contributed by atoms with Crippen LogP contribution in [0.4, 0.5) is 0 Å². The van der Waals surface area contributed by atoms with E-state index in [0.29, 0.717) is 0 Å². The van der Waals surface area contributed by atoms with Gasteiger partial charge in [-0.25, -0.2) is 0 Å². The van der Waals surface area contributed by atoms with Crippen LogP contribution in [-0.2, 0) is 26.4 Å². The lowest BCUT2D eigenvalue weighted by Crippen LogP contribution is -2.09. The van der Waals surface area contributed by atoms with Gasteiger partial charge in [-0.3, -0.25) is 14.5 Å². The maximum Gasteiger partial charge on any atom is 0.0729 e. The monoisotopic (exact) mass is 297 g/mol. The standard InChI is InChI=1S/C16H21N6/c1-4-22-11-14(9-19-22)6-15(16-12(2)7-17-20-16)5-13-8-18-21(3)10-13/h7-11H,4-6H2,1-3H3,(H,17,20). The lowest BCUT2D eigenvalue weighted by Gasteiger charge is -2.13. The Bertz CT molecular complexity index is 735. The summed E-state index contributed by atoms with van der Waals surface area (Å²) in [5.74, 6) is 1.28. The summed E-state index contributed by atoms with van der Waals surface area (Å²) in [4.78, 5) is 0. The average molecular weight is 297 g/mol. The summed E-state index contributed by atoms with van der Waals surface area (Å²) in [5.41, 5.74) is 4.63. The smallest absolute Gasteiger partial charge is 0.0729 e. The first kappa shape index (κ1) is 14.6. The van der Waals surface area contributed by atoms with Crippen molar-refractivity contribution in [1.29, 1.82) is 0 Å². The fourth-order valence-electron chi connectivity index (χ4n) is 2.66. The average Bonchev–Trinajstić information content (AvgIpc) is 3.20. The fraction of sp³-hybridized carbons (Fsp3) is 0.375. The SMILES string of the molecule is CCn1cc(C[C](Cc2cnn(C)c2)c2n[nH]cc2C)cn1. The van der Waals surface area contributed by atoms with Crippen LogP contribution >= 0.6 is 0 Å². The van der Waals surface area contributed by atoms with Crippen LogP contribution in [0, 0.1) is 12.8 Å². The van der Waals surface area contributed by atoms with Crippen molar-refractivity contribution < 1.29 is 0 Å². The maximum absolute atomic E-state index is 4.43. The number of hydrogen-bond acceptors (Lipinski definition) is 3. The molecule has 0 unspecified atom stereocenters. The fourth-order valence-corrected chi connectivity index (χ4v) is 2.66. The summed E-state index contributed by atoms with van der Waals surface area (Å²) < 4.78 is 3.79. The molecule has 3 aromatic rings. The second kappa shape index (κ2) is 6.17. The Balaban J connectivity index is 1.84.